The van der Waals surface area contributed by atoms with Crippen molar-refractivity contribution in [3.63, 3.8) is 0 Å². The third kappa shape index (κ3) is 6.10. The van der Waals surface area contributed by atoms with E-state index in [1.165, 1.54) is 24.5 Å². The van der Waals surface area contributed by atoms with Gasteiger partial charge in [0.1, 0.15) is 6.04 Å². The van der Waals surface area contributed by atoms with Gasteiger partial charge in [0.05, 0.1) is 6.10 Å². The van der Waals surface area contributed by atoms with Gasteiger partial charge in [0.2, 0.25) is 0 Å². The molecule has 0 saturated heterocycles. The van der Waals surface area contributed by atoms with Crippen molar-refractivity contribution in [2.75, 3.05) is 0 Å². The summed E-state index contributed by atoms with van der Waals surface area (Å²) in [5.41, 5.74) is 2.98. The topological polar surface area (TPSA) is 123 Å². The molecule has 0 saturated carbocycles. The van der Waals surface area contributed by atoms with E-state index >= 15 is 0 Å². The molecule has 0 fully saturated rings. The summed E-state index contributed by atoms with van der Waals surface area (Å²) in [5, 5.41) is 28.1. The Labute approximate surface area is 163 Å². The summed E-state index contributed by atoms with van der Waals surface area (Å²) < 4.78 is 0. The van der Waals surface area contributed by atoms with Crippen LogP contribution < -0.4 is 10.8 Å². The molecule has 0 bridgehead atoms. The first-order valence-electron chi connectivity index (χ1n) is 8.71. The Morgan fingerprint density at radius 1 is 1.25 bits per heavy atom. The van der Waals surface area contributed by atoms with Gasteiger partial charge in [0.15, 0.2) is 0 Å². The van der Waals surface area contributed by atoms with E-state index in [2.05, 4.69) is 29.0 Å². The molecule has 1 aliphatic carbocycles. The number of nitrogens with one attached hydrogen (secondary N) is 3. The summed E-state index contributed by atoms with van der Waals surface area (Å²) in [6.45, 7) is 1.33. The number of allylic oxidation sites excluding steroid dienone is 2. The highest BCUT2D eigenvalue weighted by Crippen LogP contribution is 2.13. The molecule has 7 heteroatoms. The number of carbonyl (C=O) groups is 2. The zero-order chi connectivity index (χ0) is 20.5. The van der Waals surface area contributed by atoms with Crippen molar-refractivity contribution >= 4 is 17.5 Å². The van der Waals surface area contributed by atoms with Crippen LogP contribution in [0.5, 0.6) is 0 Å². The molecule has 1 aromatic rings. The lowest BCUT2D eigenvalue weighted by Gasteiger charge is -2.19. The lowest BCUT2D eigenvalue weighted by atomic mass is 9.95. The van der Waals surface area contributed by atoms with Gasteiger partial charge in [-0.15, -0.1) is 0 Å². The van der Waals surface area contributed by atoms with Crippen LogP contribution in [0.2, 0.25) is 0 Å². The van der Waals surface area contributed by atoms with Crippen LogP contribution in [-0.2, 0) is 4.79 Å². The van der Waals surface area contributed by atoms with Gasteiger partial charge in [-0.1, -0.05) is 17.9 Å². The first kappa shape index (κ1) is 20.9. The van der Waals surface area contributed by atoms with E-state index in [0.29, 0.717) is 11.3 Å². The van der Waals surface area contributed by atoms with Crippen LogP contribution in [0.3, 0.4) is 0 Å². The van der Waals surface area contributed by atoms with Gasteiger partial charge >= 0.3 is 0 Å². The molecular weight excluding hydrogens is 358 g/mol. The van der Waals surface area contributed by atoms with Crippen LogP contribution in [0.4, 0.5) is 0 Å². The summed E-state index contributed by atoms with van der Waals surface area (Å²) >= 11 is 0. The summed E-state index contributed by atoms with van der Waals surface area (Å²) in [6, 6.07) is 5.10. The molecule has 0 aliphatic heterocycles. The number of rotatable bonds is 4. The molecule has 0 radical (unpaired) electrons. The molecule has 5 N–H and O–H groups in total. The number of hydrogen-bond acceptors (Lipinski definition) is 5. The first-order chi connectivity index (χ1) is 13.4. The maximum atomic E-state index is 12.2. The van der Waals surface area contributed by atoms with Crippen LogP contribution in [0.15, 0.2) is 36.4 Å². The fourth-order valence-electron chi connectivity index (χ4n) is 2.48. The molecule has 1 aliphatic rings. The van der Waals surface area contributed by atoms with Gasteiger partial charge in [-0.05, 0) is 61.9 Å². The molecule has 0 aromatic heterocycles. The third-order valence-corrected chi connectivity index (χ3v) is 4.09. The molecule has 2 rings (SSSR count). The zero-order valence-electron chi connectivity index (χ0n) is 15.3. The molecule has 28 heavy (non-hydrogen) atoms. The summed E-state index contributed by atoms with van der Waals surface area (Å²) in [5.74, 6) is 10.1. The van der Waals surface area contributed by atoms with Crippen LogP contribution in [0.1, 0.15) is 35.7 Å². The standard InChI is InChI=1S/C21H21N3O4/c1-14(25)19(21(27)24-28)23-20(26)17-10-6-15(7-11-17)4-2-3-5-16-8-12-18(22)13-9-16/h6-8,10-12,14,16,19,22,25,28H,9,13H2,1H3,(H,23,26)(H,24,27)/t14-,16?,19?/m1/s1. The number of benzene rings is 1. The lowest BCUT2D eigenvalue weighted by Crippen LogP contribution is -2.51. The van der Waals surface area contributed by atoms with Gasteiger partial charge in [-0.2, -0.15) is 0 Å². The molecule has 3 atom stereocenters. The van der Waals surface area contributed by atoms with E-state index in [0.717, 1.165) is 12.8 Å². The zero-order valence-corrected chi connectivity index (χ0v) is 15.3. The molecule has 0 heterocycles. The van der Waals surface area contributed by atoms with E-state index in [1.807, 2.05) is 6.08 Å². The number of amides is 2. The second kappa shape index (κ2) is 10.1. The van der Waals surface area contributed by atoms with E-state index in [4.69, 9.17) is 10.6 Å². The predicted molar refractivity (Wildman–Crippen MR) is 104 cm³/mol. The Hall–Kier alpha value is -3.39. The van der Waals surface area contributed by atoms with E-state index in [9.17, 15) is 14.7 Å². The fourth-order valence-corrected chi connectivity index (χ4v) is 2.48. The monoisotopic (exact) mass is 379 g/mol. The number of carbonyl (C=O) groups excluding carboxylic acids is 2. The van der Waals surface area contributed by atoms with Crippen molar-refractivity contribution in [2.24, 2.45) is 5.92 Å². The van der Waals surface area contributed by atoms with Gasteiger partial charge in [0, 0.05) is 22.8 Å². The van der Waals surface area contributed by atoms with Gasteiger partial charge in [0.25, 0.3) is 11.8 Å². The van der Waals surface area contributed by atoms with Crippen molar-refractivity contribution in [1.82, 2.24) is 10.8 Å². The van der Waals surface area contributed by atoms with Crippen LogP contribution in [0, 0.1) is 35.0 Å². The average Bonchev–Trinajstić information content (AvgIpc) is 2.70. The van der Waals surface area contributed by atoms with E-state index in [1.54, 1.807) is 18.2 Å². The minimum absolute atomic E-state index is 0.118. The van der Waals surface area contributed by atoms with E-state index in [-0.39, 0.29) is 11.5 Å². The first-order valence-corrected chi connectivity index (χ1v) is 8.71. The molecule has 2 unspecified atom stereocenters. The van der Waals surface area contributed by atoms with Crippen molar-refractivity contribution < 1.29 is 19.9 Å². The Bertz CT molecular complexity index is 896. The summed E-state index contributed by atoms with van der Waals surface area (Å²) in [4.78, 5) is 23.7. The normalized spacial score (nSPS) is 17.2. The number of hydrogen-bond donors (Lipinski definition) is 5. The highest BCUT2D eigenvalue weighted by Gasteiger charge is 2.25. The lowest BCUT2D eigenvalue weighted by molar-refractivity contribution is -0.133. The second-order valence-electron chi connectivity index (χ2n) is 6.29. The average molecular weight is 379 g/mol. The van der Waals surface area contributed by atoms with Gasteiger partial charge < -0.3 is 15.8 Å². The highest BCUT2D eigenvalue weighted by molar-refractivity contribution is 5.97. The number of aliphatic hydroxyl groups excluding tert-OH is 1. The van der Waals surface area contributed by atoms with E-state index < -0.39 is 24.0 Å². The van der Waals surface area contributed by atoms with Crippen molar-refractivity contribution in [3.8, 4) is 23.7 Å². The van der Waals surface area contributed by atoms with Crippen LogP contribution in [-0.4, -0.2) is 40.0 Å². The van der Waals surface area contributed by atoms with Crippen LogP contribution in [0.25, 0.3) is 0 Å². The Balaban J connectivity index is 1.98. The number of hydroxylamine groups is 1. The molecular formula is C21H21N3O4. The smallest absolute Gasteiger partial charge is 0.268 e. The van der Waals surface area contributed by atoms with Gasteiger partial charge in [-0.25, -0.2) is 5.48 Å². The van der Waals surface area contributed by atoms with Crippen molar-refractivity contribution in [2.45, 2.75) is 31.9 Å². The molecule has 2 amide bonds. The molecule has 7 nitrogen and oxygen atoms in total. The maximum absolute atomic E-state index is 12.2. The van der Waals surface area contributed by atoms with Crippen molar-refractivity contribution in [1.29, 1.82) is 5.41 Å². The van der Waals surface area contributed by atoms with Crippen LogP contribution >= 0.6 is 0 Å². The Kier molecular flexibility index (Phi) is 7.53. The fraction of sp³-hybridized carbons (Fsp3) is 0.286. The minimum Gasteiger partial charge on any atom is -0.391 e. The highest BCUT2D eigenvalue weighted by atomic mass is 16.5. The minimum atomic E-state index is -1.27. The maximum Gasteiger partial charge on any atom is 0.268 e. The Morgan fingerprint density at radius 2 is 1.96 bits per heavy atom. The summed E-state index contributed by atoms with van der Waals surface area (Å²) in [6.07, 6.45) is 4.06. The van der Waals surface area contributed by atoms with Gasteiger partial charge in [-0.3, -0.25) is 14.8 Å². The molecule has 0 spiro atoms. The quantitative estimate of drug-likeness (QED) is 0.304. The largest absolute Gasteiger partial charge is 0.391 e. The molecule has 144 valence electrons. The molecule has 1 aromatic carbocycles. The summed E-state index contributed by atoms with van der Waals surface area (Å²) in [7, 11) is 0. The number of aliphatic hydroxyl groups is 1. The van der Waals surface area contributed by atoms with Crippen molar-refractivity contribution in [3.05, 3.63) is 47.5 Å². The third-order valence-electron chi connectivity index (χ3n) is 4.09. The Morgan fingerprint density at radius 3 is 2.54 bits per heavy atom. The predicted octanol–water partition coefficient (Wildman–Crippen LogP) is 1.01. The second-order valence-corrected chi connectivity index (χ2v) is 6.29. The SMILES string of the molecule is C[C@@H](O)C(NC(=O)c1ccc(C#CC#CC2C=CC(=N)CC2)cc1)C(=O)NO.